The second-order valence-electron chi connectivity index (χ2n) is 7.45. The third-order valence-electron chi connectivity index (χ3n) is 2.68. The Labute approximate surface area is 114 Å². The second-order valence-corrected chi connectivity index (χ2v) is 18.5. The van der Waals surface area contributed by atoms with E-state index in [0.717, 1.165) is 0 Å². The molecule has 0 amide bonds. The Morgan fingerprint density at radius 2 is 1.72 bits per heavy atom. The van der Waals surface area contributed by atoms with Crippen molar-refractivity contribution in [2.24, 2.45) is 0 Å². The summed E-state index contributed by atoms with van der Waals surface area (Å²) in [5.74, 6) is 0. The van der Waals surface area contributed by atoms with Gasteiger partial charge in [-0.3, -0.25) is 4.98 Å². The lowest BCUT2D eigenvalue weighted by atomic mass is 10.2. The van der Waals surface area contributed by atoms with Gasteiger partial charge in [-0.2, -0.15) is 0 Å². The van der Waals surface area contributed by atoms with Gasteiger partial charge in [-0.15, -0.1) is 0 Å². The van der Waals surface area contributed by atoms with Crippen LogP contribution in [-0.2, 0) is 0 Å². The van der Waals surface area contributed by atoms with Gasteiger partial charge >= 0.3 is 0 Å². The highest BCUT2D eigenvalue weighted by molar-refractivity contribution is 6.78. The Morgan fingerprint density at radius 1 is 1.06 bits per heavy atom. The van der Waals surface area contributed by atoms with Crippen LogP contribution in [0.25, 0.3) is 5.57 Å². The number of pyridine rings is 1. The summed E-state index contributed by atoms with van der Waals surface area (Å²) in [4.78, 5) is 4.53. The second kappa shape index (κ2) is 5.98. The van der Waals surface area contributed by atoms with Gasteiger partial charge in [-0.05, 0) is 29.8 Å². The summed E-state index contributed by atoms with van der Waals surface area (Å²) in [6.45, 7) is 14.6. The molecule has 0 aromatic carbocycles. The van der Waals surface area contributed by atoms with E-state index in [1.807, 2.05) is 12.3 Å². The zero-order valence-corrected chi connectivity index (χ0v) is 14.7. The molecule has 0 aliphatic heterocycles. The van der Waals surface area contributed by atoms with Crippen LogP contribution >= 0.6 is 0 Å². The molecular weight excluding hydrogens is 250 g/mol. The van der Waals surface area contributed by atoms with Crippen molar-refractivity contribution in [3.8, 4) is 0 Å². The summed E-state index contributed by atoms with van der Waals surface area (Å²) < 4.78 is 0. The molecule has 0 N–H and O–H groups in total. The Kier molecular flexibility index (Phi) is 5.11. The van der Waals surface area contributed by atoms with E-state index in [0.29, 0.717) is 0 Å². The van der Waals surface area contributed by atoms with Gasteiger partial charge in [0.2, 0.25) is 0 Å². The van der Waals surface area contributed by atoms with Gasteiger partial charge in [0.15, 0.2) is 0 Å². The highest BCUT2D eigenvalue weighted by Crippen LogP contribution is 2.26. The van der Waals surface area contributed by atoms with Gasteiger partial charge in [0.1, 0.15) is 0 Å². The van der Waals surface area contributed by atoms with E-state index in [-0.39, 0.29) is 0 Å². The van der Waals surface area contributed by atoms with Crippen LogP contribution in [0, 0.1) is 0 Å². The molecule has 0 unspecified atom stereocenters. The summed E-state index contributed by atoms with van der Waals surface area (Å²) in [5.41, 5.74) is 2.65. The number of hydrogen-bond donors (Lipinski definition) is 0. The topological polar surface area (TPSA) is 12.9 Å². The van der Waals surface area contributed by atoms with E-state index in [1.54, 1.807) is 0 Å². The van der Waals surface area contributed by atoms with Crippen LogP contribution < -0.4 is 0 Å². The Balaban J connectivity index is 2.96. The molecule has 1 nitrogen and oxygen atoms in total. The first-order valence-electron chi connectivity index (χ1n) is 6.78. The third kappa shape index (κ3) is 6.31. The van der Waals surface area contributed by atoms with E-state index in [9.17, 15) is 0 Å². The van der Waals surface area contributed by atoms with Crippen LogP contribution in [0.2, 0.25) is 51.4 Å². The quantitative estimate of drug-likeness (QED) is 0.679. The fraction of sp³-hybridized carbons (Fsp3) is 0.533. The summed E-state index contributed by atoms with van der Waals surface area (Å²) in [6.07, 6.45) is 4.37. The lowest BCUT2D eigenvalue weighted by Crippen LogP contribution is -2.21. The van der Waals surface area contributed by atoms with Crippen molar-refractivity contribution in [3.05, 3.63) is 36.2 Å². The fourth-order valence-electron chi connectivity index (χ4n) is 1.82. The average molecular weight is 278 g/mol. The molecule has 3 heteroatoms. The van der Waals surface area contributed by atoms with Gasteiger partial charge < -0.3 is 0 Å². The smallest absolute Gasteiger partial charge is 0.0655 e. The molecule has 0 atom stereocenters. The zero-order valence-electron chi connectivity index (χ0n) is 12.7. The Morgan fingerprint density at radius 3 is 2.17 bits per heavy atom. The third-order valence-corrected chi connectivity index (χ3v) is 5.55. The molecule has 1 rings (SSSR count). The molecule has 0 spiro atoms. The summed E-state index contributed by atoms with van der Waals surface area (Å²) in [6, 6.07) is 8.72. The predicted octanol–water partition coefficient (Wildman–Crippen LogP) is 5.14. The largest absolute Gasteiger partial charge is 0.257 e. The maximum atomic E-state index is 4.53. The van der Waals surface area contributed by atoms with Gasteiger partial charge in [0, 0.05) is 22.3 Å². The molecule has 1 heterocycles. The van der Waals surface area contributed by atoms with E-state index in [1.165, 1.54) is 23.4 Å². The highest BCUT2D eigenvalue weighted by atomic mass is 28.3. The van der Waals surface area contributed by atoms with Crippen LogP contribution in [0.15, 0.2) is 30.5 Å². The number of hydrogen-bond acceptors (Lipinski definition) is 1. The molecule has 0 radical (unpaired) electrons. The zero-order chi connectivity index (χ0) is 13.8. The van der Waals surface area contributed by atoms with Crippen molar-refractivity contribution in [1.82, 2.24) is 4.98 Å². The van der Waals surface area contributed by atoms with Gasteiger partial charge in [-0.25, -0.2) is 0 Å². The SMILES string of the molecule is C[Si](C)(C)C/C=C(\C[Si](C)(C)C)c1ccccn1. The lowest BCUT2D eigenvalue weighted by molar-refractivity contribution is 1.25. The Hall–Kier alpha value is -0.676. The van der Waals surface area contributed by atoms with E-state index in [4.69, 9.17) is 0 Å². The van der Waals surface area contributed by atoms with Crippen molar-refractivity contribution < 1.29 is 0 Å². The van der Waals surface area contributed by atoms with Gasteiger partial charge in [0.05, 0.1) is 5.69 Å². The normalized spacial score (nSPS) is 13.8. The predicted molar refractivity (Wildman–Crippen MR) is 88.5 cm³/mol. The molecule has 100 valence electrons. The standard InChI is InChI=1S/C15H27NSi2/c1-17(2,3)12-10-14(13-18(4,5)6)15-9-7-8-11-16-15/h7-11H,12-13H2,1-6H3/b14-10+. The van der Waals surface area contributed by atoms with Gasteiger partial charge in [-0.1, -0.05) is 51.4 Å². The first-order valence-corrected chi connectivity index (χ1v) is 14.2. The van der Waals surface area contributed by atoms with Crippen LogP contribution in [0.3, 0.4) is 0 Å². The minimum atomic E-state index is -1.09. The first kappa shape index (κ1) is 15.4. The molecule has 1 aromatic rings. The van der Waals surface area contributed by atoms with Crippen molar-refractivity contribution >= 4 is 21.7 Å². The van der Waals surface area contributed by atoms with Crippen LogP contribution in [0.4, 0.5) is 0 Å². The van der Waals surface area contributed by atoms with Crippen molar-refractivity contribution in [2.75, 3.05) is 0 Å². The molecule has 1 aromatic heterocycles. The van der Waals surface area contributed by atoms with Crippen molar-refractivity contribution in [2.45, 2.75) is 51.4 Å². The molecule has 0 aliphatic carbocycles. The summed E-state index contributed by atoms with van der Waals surface area (Å²) >= 11 is 0. The van der Waals surface area contributed by atoms with E-state index in [2.05, 4.69) is 62.5 Å². The first-order chi connectivity index (χ1) is 8.17. The van der Waals surface area contributed by atoms with Crippen molar-refractivity contribution in [3.63, 3.8) is 0 Å². The molecule has 0 saturated heterocycles. The number of rotatable bonds is 5. The number of nitrogens with zero attached hydrogens (tertiary/aromatic N) is 1. The van der Waals surface area contributed by atoms with Crippen LogP contribution in [0.5, 0.6) is 0 Å². The average Bonchev–Trinajstić information content (AvgIpc) is 2.23. The number of aromatic nitrogens is 1. The highest BCUT2D eigenvalue weighted by Gasteiger charge is 2.18. The van der Waals surface area contributed by atoms with Crippen LogP contribution in [0.1, 0.15) is 5.69 Å². The summed E-state index contributed by atoms with van der Waals surface area (Å²) in [5, 5.41) is 0. The minimum Gasteiger partial charge on any atom is -0.257 e. The minimum absolute atomic E-state index is 1.02. The Bertz CT molecular complexity index is 397. The van der Waals surface area contributed by atoms with E-state index < -0.39 is 16.1 Å². The fourth-order valence-corrected chi connectivity index (χ4v) is 4.15. The maximum absolute atomic E-state index is 4.53. The summed E-state index contributed by atoms with van der Waals surface area (Å²) in [7, 11) is -2.11. The maximum Gasteiger partial charge on any atom is 0.0655 e. The molecule has 0 saturated carbocycles. The molecule has 0 fully saturated rings. The monoisotopic (exact) mass is 277 g/mol. The molecule has 0 aliphatic rings. The number of allylic oxidation sites excluding steroid dienone is 2. The van der Waals surface area contributed by atoms with E-state index >= 15 is 0 Å². The molecule has 0 bridgehead atoms. The lowest BCUT2D eigenvalue weighted by Gasteiger charge is -2.20. The van der Waals surface area contributed by atoms with Crippen LogP contribution in [-0.4, -0.2) is 21.1 Å². The molecular formula is C15H27NSi2. The van der Waals surface area contributed by atoms with Crippen molar-refractivity contribution in [1.29, 1.82) is 0 Å². The molecule has 18 heavy (non-hydrogen) atoms. The van der Waals surface area contributed by atoms with Gasteiger partial charge in [0.25, 0.3) is 0 Å².